The Hall–Kier alpha value is -1.18. The minimum absolute atomic E-state index is 0.171. The van der Waals surface area contributed by atoms with Crippen LogP contribution in [0.1, 0.15) is 0 Å². The molecule has 0 bridgehead atoms. The molecule has 0 atom stereocenters. The van der Waals surface area contributed by atoms with E-state index in [1.807, 2.05) is 0 Å². The van der Waals surface area contributed by atoms with Gasteiger partial charge in [0.1, 0.15) is 5.75 Å². The van der Waals surface area contributed by atoms with Crippen LogP contribution in [0.2, 0.25) is 0 Å². The Morgan fingerprint density at radius 1 is 1.31 bits per heavy atom. The number of aromatic hydroxyl groups is 1. The third kappa shape index (κ3) is 2.01. The van der Waals surface area contributed by atoms with E-state index in [0.29, 0.717) is 10.9 Å². The summed E-state index contributed by atoms with van der Waals surface area (Å²) in [5.74, 6) is -0.171. The highest BCUT2D eigenvalue weighted by Crippen LogP contribution is 2.28. The summed E-state index contributed by atoms with van der Waals surface area (Å²) in [5.41, 5.74) is 0.368. The van der Waals surface area contributed by atoms with Crippen molar-refractivity contribution in [3.63, 3.8) is 0 Å². The zero-order valence-corrected chi connectivity index (χ0v) is 10.3. The molecule has 0 aliphatic heterocycles. The number of pyridine rings is 1. The van der Waals surface area contributed by atoms with Gasteiger partial charge in [0.2, 0.25) is 0 Å². The first kappa shape index (κ1) is 11.3. The second kappa shape index (κ2) is 3.69. The Labute approximate surface area is 100 Å². The standard InChI is InChI=1S/C9H7BrN2O3S/c10-5-1-2-7-6(3-5)8(13)4-9(12-7)16(11,14)15/h1-4H,(H,12,13)(H2,11,14,15). The molecule has 2 rings (SSSR count). The van der Waals surface area contributed by atoms with E-state index in [0.717, 1.165) is 10.5 Å². The van der Waals surface area contributed by atoms with E-state index >= 15 is 0 Å². The van der Waals surface area contributed by atoms with Crippen LogP contribution >= 0.6 is 15.9 Å². The van der Waals surface area contributed by atoms with Gasteiger partial charge in [-0.1, -0.05) is 15.9 Å². The van der Waals surface area contributed by atoms with Gasteiger partial charge in [-0.3, -0.25) is 0 Å². The maximum Gasteiger partial charge on any atom is 0.255 e. The van der Waals surface area contributed by atoms with E-state index in [9.17, 15) is 13.5 Å². The topological polar surface area (TPSA) is 93.3 Å². The highest BCUT2D eigenvalue weighted by molar-refractivity contribution is 9.10. The summed E-state index contributed by atoms with van der Waals surface area (Å²) < 4.78 is 22.9. The number of halogens is 1. The number of benzene rings is 1. The number of hydrogen-bond donors (Lipinski definition) is 2. The van der Waals surface area contributed by atoms with Crippen molar-refractivity contribution in [2.24, 2.45) is 5.14 Å². The van der Waals surface area contributed by atoms with E-state index in [4.69, 9.17) is 5.14 Å². The molecule has 0 saturated carbocycles. The lowest BCUT2D eigenvalue weighted by atomic mass is 10.2. The van der Waals surface area contributed by atoms with Crippen LogP contribution < -0.4 is 5.14 Å². The number of aromatic nitrogens is 1. The maximum atomic E-state index is 11.1. The molecule has 16 heavy (non-hydrogen) atoms. The van der Waals surface area contributed by atoms with Crippen molar-refractivity contribution in [2.45, 2.75) is 5.03 Å². The number of nitrogens with two attached hydrogens (primary N) is 1. The molecular formula is C9H7BrN2O3S. The fourth-order valence-electron chi connectivity index (χ4n) is 1.30. The third-order valence-corrected chi connectivity index (χ3v) is 3.30. The summed E-state index contributed by atoms with van der Waals surface area (Å²) in [4.78, 5) is 3.85. The van der Waals surface area contributed by atoms with Crippen LogP contribution in [0.4, 0.5) is 0 Å². The van der Waals surface area contributed by atoms with Crippen molar-refractivity contribution in [3.05, 3.63) is 28.7 Å². The first-order valence-electron chi connectivity index (χ1n) is 4.20. The Morgan fingerprint density at radius 2 is 2.00 bits per heavy atom. The molecule has 0 amide bonds. The van der Waals surface area contributed by atoms with Gasteiger partial charge in [0.05, 0.1) is 5.52 Å². The second-order valence-corrected chi connectivity index (χ2v) is 5.61. The largest absolute Gasteiger partial charge is 0.507 e. The fraction of sp³-hybridized carbons (Fsp3) is 0. The summed E-state index contributed by atoms with van der Waals surface area (Å²) >= 11 is 3.24. The minimum atomic E-state index is -3.91. The van der Waals surface area contributed by atoms with Gasteiger partial charge in [-0.25, -0.2) is 18.5 Å². The molecule has 0 fully saturated rings. The number of sulfonamides is 1. The quantitative estimate of drug-likeness (QED) is 0.831. The second-order valence-electron chi connectivity index (χ2n) is 3.19. The molecule has 1 aromatic carbocycles. The maximum absolute atomic E-state index is 11.1. The van der Waals surface area contributed by atoms with Gasteiger partial charge in [0.15, 0.2) is 5.03 Å². The highest BCUT2D eigenvalue weighted by atomic mass is 79.9. The molecule has 1 heterocycles. The number of hydrogen-bond acceptors (Lipinski definition) is 4. The van der Waals surface area contributed by atoms with E-state index in [-0.39, 0.29) is 10.8 Å². The summed E-state index contributed by atoms with van der Waals surface area (Å²) in [5, 5.41) is 14.7. The van der Waals surface area contributed by atoms with Crippen LogP contribution in [-0.2, 0) is 10.0 Å². The zero-order valence-electron chi connectivity index (χ0n) is 7.88. The van der Waals surface area contributed by atoms with E-state index in [1.54, 1.807) is 18.2 Å². The number of primary sulfonamides is 1. The molecule has 2 aromatic rings. The molecule has 1 aromatic heterocycles. The van der Waals surface area contributed by atoms with Gasteiger partial charge >= 0.3 is 0 Å². The van der Waals surface area contributed by atoms with Gasteiger partial charge in [0.25, 0.3) is 10.0 Å². The predicted molar refractivity (Wildman–Crippen MR) is 62.5 cm³/mol. The Morgan fingerprint density at radius 3 is 2.62 bits per heavy atom. The van der Waals surface area contributed by atoms with Crippen LogP contribution in [0.5, 0.6) is 5.75 Å². The summed E-state index contributed by atoms with van der Waals surface area (Å²) in [6.07, 6.45) is 0. The van der Waals surface area contributed by atoms with Crippen LogP contribution in [0, 0.1) is 0 Å². The van der Waals surface area contributed by atoms with Crippen LogP contribution in [0.3, 0.4) is 0 Å². The van der Waals surface area contributed by atoms with Gasteiger partial charge < -0.3 is 5.11 Å². The summed E-state index contributed by atoms with van der Waals surface area (Å²) in [6, 6.07) is 5.96. The Bertz CT molecular complexity index is 670. The highest BCUT2D eigenvalue weighted by Gasteiger charge is 2.13. The molecule has 0 saturated heterocycles. The van der Waals surface area contributed by atoms with Crippen molar-refractivity contribution in [1.82, 2.24) is 4.98 Å². The SMILES string of the molecule is NS(=O)(=O)c1cc(O)c2cc(Br)ccc2n1. The minimum Gasteiger partial charge on any atom is -0.507 e. The monoisotopic (exact) mass is 302 g/mol. The van der Waals surface area contributed by atoms with Gasteiger partial charge in [-0.15, -0.1) is 0 Å². The molecule has 0 radical (unpaired) electrons. The Kier molecular flexibility index (Phi) is 2.61. The molecule has 0 spiro atoms. The van der Waals surface area contributed by atoms with Gasteiger partial charge in [-0.05, 0) is 18.2 Å². The van der Waals surface area contributed by atoms with E-state index in [1.165, 1.54) is 0 Å². The molecule has 0 aliphatic carbocycles. The van der Waals surface area contributed by atoms with Crippen molar-refractivity contribution in [1.29, 1.82) is 0 Å². The van der Waals surface area contributed by atoms with Crippen LogP contribution in [-0.4, -0.2) is 18.5 Å². The molecule has 0 unspecified atom stereocenters. The van der Waals surface area contributed by atoms with Crippen molar-refractivity contribution in [3.8, 4) is 5.75 Å². The lowest BCUT2D eigenvalue weighted by Crippen LogP contribution is -2.13. The average molecular weight is 303 g/mol. The predicted octanol–water partition coefficient (Wildman–Crippen LogP) is 1.35. The normalized spacial score (nSPS) is 11.9. The number of fused-ring (bicyclic) bond motifs is 1. The van der Waals surface area contributed by atoms with E-state index < -0.39 is 10.0 Å². The average Bonchev–Trinajstić information content (AvgIpc) is 2.17. The smallest absolute Gasteiger partial charge is 0.255 e. The summed E-state index contributed by atoms with van der Waals surface area (Å²) in [7, 11) is -3.91. The van der Waals surface area contributed by atoms with Crippen molar-refractivity contribution >= 4 is 36.9 Å². The first-order valence-corrected chi connectivity index (χ1v) is 6.54. The molecule has 0 aliphatic rings. The lowest BCUT2D eigenvalue weighted by Gasteiger charge is -2.04. The van der Waals surface area contributed by atoms with E-state index in [2.05, 4.69) is 20.9 Å². The number of nitrogens with zero attached hydrogens (tertiary/aromatic N) is 1. The Balaban J connectivity index is 2.84. The fourth-order valence-corrected chi connectivity index (χ4v) is 2.16. The molecular weight excluding hydrogens is 296 g/mol. The first-order chi connectivity index (χ1) is 7.38. The molecule has 3 N–H and O–H groups in total. The van der Waals surface area contributed by atoms with Gasteiger partial charge in [-0.2, -0.15) is 0 Å². The third-order valence-electron chi connectivity index (χ3n) is 2.02. The van der Waals surface area contributed by atoms with Gasteiger partial charge in [0, 0.05) is 15.9 Å². The van der Waals surface area contributed by atoms with Crippen LogP contribution in [0.15, 0.2) is 33.8 Å². The molecule has 5 nitrogen and oxygen atoms in total. The van der Waals surface area contributed by atoms with Crippen molar-refractivity contribution in [2.75, 3.05) is 0 Å². The zero-order chi connectivity index (χ0) is 11.9. The summed E-state index contributed by atoms with van der Waals surface area (Å²) in [6.45, 7) is 0. The van der Waals surface area contributed by atoms with Crippen LogP contribution in [0.25, 0.3) is 10.9 Å². The number of rotatable bonds is 1. The molecule has 7 heteroatoms. The van der Waals surface area contributed by atoms with Crippen molar-refractivity contribution < 1.29 is 13.5 Å². The lowest BCUT2D eigenvalue weighted by molar-refractivity contribution is 0.478. The molecule has 84 valence electrons.